The van der Waals surface area contributed by atoms with Crippen LogP contribution in [0.15, 0.2) is 113 Å². The number of nitrogens with one attached hydrogen (secondary N) is 2. The fraction of sp³-hybridized carbons (Fsp3) is 0. The van der Waals surface area contributed by atoms with Gasteiger partial charge in [-0.3, -0.25) is 18.2 Å². The number of nitrogens with zero attached hydrogens (tertiary/aromatic N) is 4. The predicted molar refractivity (Wildman–Crippen MR) is 212 cm³/mol. The van der Waals surface area contributed by atoms with Crippen molar-refractivity contribution >= 4 is 114 Å². The molecule has 1 aliphatic rings. The maximum absolute atomic E-state index is 12.7. The van der Waals surface area contributed by atoms with E-state index in [9.17, 15) is 66.9 Å². The van der Waals surface area contributed by atoms with E-state index < -0.39 is 100 Å². The van der Waals surface area contributed by atoms with Crippen LogP contribution in [0.4, 0.5) is 50.3 Å². The Balaban J connectivity index is 1.33. The summed E-state index contributed by atoms with van der Waals surface area (Å²) >= 11 is 0. The van der Waals surface area contributed by atoms with Gasteiger partial charge in [0.05, 0.1) is 32.5 Å². The first-order valence-corrected chi connectivity index (χ1v) is 21.9. The summed E-state index contributed by atoms with van der Waals surface area (Å²) in [6.45, 7) is 0. The van der Waals surface area contributed by atoms with E-state index in [0.29, 0.717) is 0 Å². The molecular formula is C33H24N8O15S4. The number of nitrogens with two attached hydrogens (primary N) is 2. The van der Waals surface area contributed by atoms with Gasteiger partial charge in [0, 0.05) is 33.3 Å². The molecule has 7 rings (SSSR count). The van der Waals surface area contributed by atoms with Crippen molar-refractivity contribution in [3.05, 3.63) is 72.8 Å². The third-order valence-corrected chi connectivity index (χ3v) is 12.2. The standard InChI is InChI=1S/C33H24N8O15S4/c34-21-11-17(57(45,46)47)5-13-7-25(59(51,52)53)29(31(42)27(13)21)40-38-15-1-3-23-19(9-15)20-10-16(2-4-24(20)37-33(44)36-23)39-41-30-26(60(54,55)56)8-14-6-18(58(48,49)50)12-22(35)28(14)32(30)43/h1-12,42-43H,34-35H2,(H2,36,37,44)(H,45,46,47)(H,48,49,50)(H,51,52,53)(H,54,55,56). The SMILES string of the molecule is Nc1cc(S(=O)(=O)O)cc2cc(S(=O)(=O)O)c(N=Nc3ccc4c(c3)-c3cc(N=Nc5c(S(=O)(=O)O)cc6cc(S(=O)(=O)O)cc(N)c6c5O)ccc3NC(=O)N4)c(O)c12. The molecule has 27 heteroatoms. The third-order valence-electron chi connectivity index (χ3n) is 8.78. The Morgan fingerprint density at radius 2 is 0.850 bits per heavy atom. The number of hydrogen-bond donors (Lipinski definition) is 10. The molecule has 1 heterocycles. The fourth-order valence-electron chi connectivity index (χ4n) is 6.21. The lowest BCUT2D eigenvalue weighted by Gasteiger charge is -2.12. The Bertz CT molecular complexity index is 3220. The number of nitrogen functional groups attached to an aromatic ring is 2. The van der Waals surface area contributed by atoms with Crippen LogP contribution in [0.5, 0.6) is 11.5 Å². The van der Waals surface area contributed by atoms with Gasteiger partial charge in [0.1, 0.15) is 21.2 Å². The number of carbonyl (C=O) groups is 1. The lowest BCUT2D eigenvalue weighted by atomic mass is 10.0. The Kier molecular flexibility index (Phi) is 9.75. The highest BCUT2D eigenvalue weighted by Gasteiger charge is 2.27. The third kappa shape index (κ3) is 7.71. The van der Waals surface area contributed by atoms with Crippen LogP contribution in [0.25, 0.3) is 32.7 Å². The molecule has 0 saturated heterocycles. The molecule has 0 unspecified atom stereocenters. The molecule has 0 radical (unpaired) electrons. The smallest absolute Gasteiger partial charge is 0.323 e. The van der Waals surface area contributed by atoms with Gasteiger partial charge in [-0.25, -0.2) is 4.79 Å². The van der Waals surface area contributed by atoms with Gasteiger partial charge in [0.15, 0.2) is 11.5 Å². The van der Waals surface area contributed by atoms with Crippen LogP contribution in [0, 0.1) is 0 Å². The second-order valence-electron chi connectivity index (χ2n) is 12.7. The summed E-state index contributed by atoms with van der Waals surface area (Å²) in [6, 6.07) is 12.1. The molecule has 60 heavy (non-hydrogen) atoms. The van der Waals surface area contributed by atoms with E-state index in [1.54, 1.807) is 0 Å². The molecule has 23 nitrogen and oxygen atoms in total. The Morgan fingerprint density at radius 1 is 0.483 bits per heavy atom. The molecule has 1 aliphatic heterocycles. The number of phenols is 2. The first-order chi connectivity index (χ1) is 27.8. The van der Waals surface area contributed by atoms with Crippen LogP contribution in [0.2, 0.25) is 0 Å². The van der Waals surface area contributed by atoms with Crippen LogP contribution < -0.4 is 22.1 Å². The number of urea groups is 1. The van der Waals surface area contributed by atoms with Crippen LogP contribution >= 0.6 is 0 Å². The summed E-state index contributed by atoms with van der Waals surface area (Å²) in [5.41, 5.74) is 10.1. The van der Waals surface area contributed by atoms with Crippen LogP contribution in [0.1, 0.15) is 0 Å². The summed E-state index contributed by atoms with van der Waals surface area (Å²) < 4.78 is 135. The van der Waals surface area contributed by atoms with E-state index in [4.69, 9.17) is 11.5 Å². The van der Waals surface area contributed by atoms with Crippen molar-refractivity contribution in [2.24, 2.45) is 20.5 Å². The molecule has 0 saturated carbocycles. The van der Waals surface area contributed by atoms with E-state index in [0.717, 1.165) is 36.4 Å². The molecule has 0 aromatic heterocycles. The molecule has 12 N–H and O–H groups in total. The van der Waals surface area contributed by atoms with Crippen LogP contribution in [-0.4, -0.2) is 68.1 Å². The van der Waals surface area contributed by atoms with Crippen molar-refractivity contribution in [1.29, 1.82) is 0 Å². The molecule has 6 aromatic carbocycles. The maximum atomic E-state index is 12.7. The molecule has 0 atom stereocenters. The highest BCUT2D eigenvalue weighted by Crippen LogP contribution is 2.47. The minimum Gasteiger partial charge on any atom is -0.505 e. The number of aromatic hydroxyl groups is 2. The molecule has 0 bridgehead atoms. The second-order valence-corrected chi connectivity index (χ2v) is 18.3. The first-order valence-electron chi connectivity index (χ1n) is 16.1. The Morgan fingerprint density at radius 3 is 1.18 bits per heavy atom. The number of rotatable bonds is 8. The number of fused-ring (bicyclic) bond motifs is 5. The van der Waals surface area contributed by atoms with Crippen molar-refractivity contribution in [3.63, 3.8) is 0 Å². The van der Waals surface area contributed by atoms with Crippen LogP contribution in [-0.2, 0) is 40.5 Å². The van der Waals surface area contributed by atoms with Crippen molar-refractivity contribution in [1.82, 2.24) is 0 Å². The Labute approximate surface area is 336 Å². The minimum atomic E-state index is -5.18. The van der Waals surface area contributed by atoms with E-state index in [1.807, 2.05) is 0 Å². The summed E-state index contributed by atoms with van der Waals surface area (Å²) in [6.07, 6.45) is 0. The lowest BCUT2D eigenvalue weighted by molar-refractivity contribution is 0.262. The van der Waals surface area contributed by atoms with Crippen molar-refractivity contribution in [2.75, 3.05) is 22.1 Å². The summed E-state index contributed by atoms with van der Waals surface area (Å²) in [7, 11) is -20.0. The van der Waals surface area contributed by atoms with Crippen LogP contribution in [0.3, 0.4) is 0 Å². The summed E-state index contributed by atoms with van der Waals surface area (Å²) in [5.74, 6) is -1.87. The molecule has 0 spiro atoms. The predicted octanol–water partition coefficient (Wildman–Crippen LogP) is 6.01. The van der Waals surface area contributed by atoms with Gasteiger partial charge in [-0.2, -0.15) is 43.9 Å². The summed E-state index contributed by atoms with van der Waals surface area (Å²) in [5, 5.41) is 41.8. The lowest BCUT2D eigenvalue weighted by Crippen LogP contribution is -2.17. The molecule has 0 aliphatic carbocycles. The average molecular weight is 901 g/mol. The highest BCUT2D eigenvalue weighted by atomic mass is 32.2. The molecule has 0 fully saturated rings. The minimum absolute atomic E-state index is 0.0491. The number of hydrogen-bond acceptors (Lipinski definition) is 17. The van der Waals surface area contributed by atoms with Gasteiger partial charge < -0.3 is 32.3 Å². The second kappa shape index (κ2) is 14.2. The number of carbonyl (C=O) groups excluding carboxylic acids is 1. The van der Waals surface area contributed by atoms with E-state index >= 15 is 0 Å². The summed E-state index contributed by atoms with van der Waals surface area (Å²) in [4.78, 5) is 9.21. The molecular weight excluding hydrogens is 877 g/mol. The van der Waals surface area contributed by atoms with E-state index in [-0.39, 0.29) is 55.4 Å². The Hall–Kier alpha value is -6.85. The monoisotopic (exact) mass is 900 g/mol. The number of anilines is 4. The quantitative estimate of drug-likeness (QED) is 0.0475. The molecule has 2 amide bonds. The van der Waals surface area contributed by atoms with Gasteiger partial charge in [-0.15, -0.1) is 10.2 Å². The normalized spacial score (nSPS) is 13.6. The van der Waals surface area contributed by atoms with Gasteiger partial charge >= 0.3 is 6.03 Å². The molecule has 6 aromatic rings. The van der Waals surface area contributed by atoms with Gasteiger partial charge in [0.25, 0.3) is 40.5 Å². The highest BCUT2D eigenvalue weighted by molar-refractivity contribution is 7.86. The largest absolute Gasteiger partial charge is 0.505 e. The average Bonchev–Trinajstić information content (AvgIpc) is 3.26. The first kappa shape index (κ1) is 41.3. The van der Waals surface area contributed by atoms with Crippen molar-refractivity contribution < 1.29 is 66.9 Å². The number of phenolic OH excluding ortho intramolecular Hbond substituents is 2. The zero-order valence-electron chi connectivity index (χ0n) is 29.4. The number of azo groups is 2. The van der Waals surface area contributed by atoms with E-state index in [2.05, 4.69) is 31.1 Å². The fourth-order valence-corrected chi connectivity index (χ4v) is 8.63. The van der Waals surface area contributed by atoms with E-state index in [1.165, 1.54) is 36.4 Å². The van der Waals surface area contributed by atoms with Gasteiger partial charge in [-0.1, -0.05) is 0 Å². The maximum Gasteiger partial charge on any atom is 0.323 e. The van der Waals surface area contributed by atoms with Crippen molar-refractivity contribution in [3.8, 4) is 22.6 Å². The zero-order chi connectivity index (χ0) is 43.9. The van der Waals surface area contributed by atoms with Gasteiger partial charge in [0.2, 0.25) is 0 Å². The number of amides is 2. The number of benzene rings is 6. The zero-order valence-corrected chi connectivity index (χ0v) is 32.6. The van der Waals surface area contributed by atoms with Crippen molar-refractivity contribution in [2.45, 2.75) is 19.6 Å². The van der Waals surface area contributed by atoms with Gasteiger partial charge in [-0.05, 0) is 83.6 Å². The molecule has 310 valence electrons. The topological polar surface area (TPSA) is 401 Å².